The number of rotatable bonds is 4. The third-order valence-corrected chi connectivity index (χ3v) is 10.4. The number of fused-ring (bicyclic) bond motifs is 5. The van der Waals surface area contributed by atoms with E-state index in [-0.39, 0.29) is 11.3 Å². The number of carbonyl (C=O) groups excluding carboxylic acids is 1. The molecule has 8 atom stereocenters. The second-order valence-electron chi connectivity index (χ2n) is 11.4. The van der Waals surface area contributed by atoms with Gasteiger partial charge in [0.05, 0.1) is 12.1 Å². The highest BCUT2D eigenvalue weighted by Crippen LogP contribution is 2.64. The highest BCUT2D eigenvalue weighted by Gasteiger charge is 2.58. The molecule has 1 heterocycles. The van der Waals surface area contributed by atoms with Crippen molar-refractivity contribution in [2.24, 2.45) is 40.9 Å². The number of ketones is 1. The summed E-state index contributed by atoms with van der Waals surface area (Å²) in [6.07, 6.45) is 14.6. The number of aromatic nitrogens is 2. The minimum atomic E-state index is -0.440. The van der Waals surface area contributed by atoms with E-state index in [0.717, 1.165) is 48.0 Å². The van der Waals surface area contributed by atoms with Crippen molar-refractivity contribution < 1.29 is 9.90 Å². The molecule has 0 aliphatic heterocycles. The molecule has 1 aromatic rings. The topological polar surface area (TPSA) is 55.1 Å². The van der Waals surface area contributed by atoms with E-state index in [1.54, 1.807) is 11.8 Å². The van der Waals surface area contributed by atoms with E-state index in [1.165, 1.54) is 38.5 Å². The molecule has 166 valence electrons. The van der Waals surface area contributed by atoms with E-state index in [4.69, 9.17) is 0 Å². The fourth-order valence-electron chi connectivity index (χ4n) is 8.42. The van der Waals surface area contributed by atoms with Crippen LogP contribution in [0, 0.1) is 40.9 Å². The van der Waals surface area contributed by atoms with Crippen molar-refractivity contribution in [2.75, 3.05) is 6.26 Å². The molecular weight excluding hydrogens is 392 g/mol. The zero-order chi connectivity index (χ0) is 21.1. The third-order valence-electron chi connectivity index (χ3n) is 9.77. The Morgan fingerprint density at radius 2 is 1.93 bits per heavy atom. The average molecular weight is 431 g/mol. The monoisotopic (exact) mass is 430 g/mol. The van der Waals surface area contributed by atoms with E-state index >= 15 is 0 Å². The summed E-state index contributed by atoms with van der Waals surface area (Å²) in [5, 5.41) is 16.1. The summed E-state index contributed by atoms with van der Waals surface area (Å²) in [6.45, 7) is 4.92. The lowest BCUT2D eigenvalue weighted by Gasteiger charge is -2.56. The van der Waals surface area contributed by atoms with Gasteiger partial charge < -0.3 is 5.11 Å². The molecule has 4 aliphatic carbocycles. The fraction of sp³-hybridized carbons (Fsp3) is 0.840. The molecule has 4 aliphatic rings. The molecule has 0 amide bonds. The molecule has 0 radical (unpaired) electrons. The van der Waals surface area contributed by atoms with E-state index in [0.29, 0.717) is 18.2 Å². The van der Waals surface area contributed by atoms with Crippen LogP contribution in [0.15, 0.2) is 17.3 Å². The highest BCUT2D eigenvalue weighted by atomic mass is 32.2. The van der Waals surface area contributed by atoms with Crippen LogP contribution in [0.3, 0.4) is 0 Å². The van der Waals surface area contributed by atoms with E-state index in [2.05, 4.69) is 12.0 Å². The molecule has 4 nitrogen and oxygen atoms in total. The van der Waals surface area contributed by atoms with Crippen LogP contribution in [0.4, 0.5) is 0 Å². The molecule has 1 N–H and O–H groups in total. The normalized spacial score (nSPS) is 45.5. The number of Topliss-reactive ketones (excluding diaryl/α,β-unsaturated/α-hetero) is 1. The van der Waals surface area contributed by atoms with Crippen LogP contribution >= 0.6 is 11.8 Å². The first kappa shape index (κ1) is 21.1. The predicted molar refractivity (Wildman–Crippen MR) is 120 cm³/mol. The summed E-state index contributed by atoms with van der Waals surface area (Å²) in [4.78, 5) is 13.3. The zero-order valence-electron chi connectivity index (χ0n) is 18.8. The molecule has 0 bridgehead atoms. The molecule has 0 aromatic carbocycles. The standard InChI is InChI=1S/C25H38N2O2S/c1-24(29)11-8-17-16(14-24)4-5-19-18(17)9-12-25(2)20(19)6-7-21(25)22(28)15-27-13-10-23(26-27)30-3/h10,13,16-21,29H,4-9,11-12,14-15H2,1-3H3/t16-,17+,18-,19-,20+,21-,24-,25+/m1/s1. The molecule has 4 fully saturated rings. The lowest BCUT2D eigenvalue weighted by molar-refractivity contribution is -0.133. The minimum Gasteiger partial charge on any atom is -0.390 e. The summed E-state index contributed by atoms with van der Waals surface area (Å²) < 4.78 is 1.84. The van der Waals surface area contributed by atoms with Crippen molar-refractivity contribution in [1.29, 1.82) is 0 Å². The first-order chi connectivity index (χ1) is 14.3. The Kier molecular flexibility index (Phi) is 5.37. The van der Waals surface area contributed by atoms with Crippen LogP contribution in [-0.2, 0) is 11.3 Å². The van der Waals surface area contributed by atoms with Crippen LogP contribution in [0.25, 0.3) is 0 Å². The maximum Gasteiger partial charge on any atom is 0.157 e. The van der Waals surface area contributed by atoms with Gasteiger partial charge in [-0.2, -0.15) is 5.10 Å². The molecule has 5 heteroatoms. The van der Waals surface area contributed by atoms with Crippen molar-refractivity contribution in [3.8, 4) is 0 Å². The van der Waals surface area contributed by atoms with Gasteiger partial charge in [0.25, 0.3) is 0 Å². The van der Waals surface area contributed by atoms with E-state index in [9.17, 15) is 9.90 Å². The number of aliphatic hydroxyl groups is 1. The molecule has 30 heavy (non-hydrogen) atoms. The first-order valence-corrected chi connectivity index (χ1v) is 13.4. The molecule has 0 saturated heterocycles. The summed E-state index contributed by atoms with van der Waals surface area (Å²) in [5.74, 6) is 4.50. The number of hydrogen-bond acceptors (Lipinski definition) is 4. The summed E-state index contributed by atoms with van der Waals surface area (Å²) >= 11 is 1.63. The first-order valence-electron chi connectivity index (χ1n) is 12.1. The van der Waals surface area contributed by atoms with Gasteiger partial charge in [-0.3, -0.25) is 9.48 Å². The fourth-order valence-corrected chi connectivity index (χ4v) is 8.80. The van der Waals surface area contributed by atoms with Crippen molar-refractivity contribution in [1.82, 2.24) is 9.78 Å². The number of carbonyl (C=O) groups is 1. The Morgan fingerprint density at radius 1 is 1.13 bits per heavy atom. The Hall–Kier alpha value is -0.810. The second kappa shape index (κ2) is 7.65. The lowest BCUT2D eigenvalue weighted by atomic mass is 9.49. The largest absolute Gasteiger partial charge is 0.390 e. The molecule has 0 unspecified atom stereocenters. The van der Waals surface area contributed by atoms with Crippen molar-refractivity contribution >= 4 is 17.5 Å². The molecule has 4 saturated carbocycles. The van der Waals surface area contributed by atoms with Gasteiger partial charge in [-0.25, -0.2) is 0 Å². The number of hydrogen-bond donors (Lipinski definition) is 1. The van der Waals surface area contributed by atoms with Crippen molar-refractivity contribution in [2.45, 2.75) is 88.8 Å². The Morgan fingerprint density at radius 3 is 2.70 bits per heavy atom. The van der Waals surface area contributed by atoms with Gasteiger partial charge >= 0.3 is 0 Å². The average Bonchev–Trinajstić information content (AvgIpc) is 3.30. The number of thioether (sulfide) groups is 1. The van der Waals surface area contributed by atoms with Gasteiger partial charge in [0.15, 0.2) is 5.78 Å². The van der Waals surface area contributed by atoms with Gasteiger partial charge in [0, 0.05) is 12.1 Å². The summed E-state index contributed by atoms with van der Waals surface area (Å²) in [5.41, 5.74) is -0.258. The second-order valence-corrected chi connectivity index (χ2v) is 12.2. The van der Waals surface area contributed by atoms with Gasteiger partial charge in [-0.1, -0.05) is 6.92 Å². The zero-order valence-corrected chi connectivity index (χ0v) is 19.7. The Balaban J connectivity index is 1.30. The maximum atomic E-state index is 13.3. The van der Waals surface area contributed by atoms with Crippen molar-refractivity contribution in [3.63, 3.8) is 0 Å². The Bertz CT molecular complexity index is 805. The summed E-state index contributed by atoms with van der Waals surface area (Å²) in [6, 6.07) is 2.00. The van der Waals surface area contributed by atoms with Gasteiger partial charge in [-0.05, 0) is 112 Å². The van der Waals surface area contributed by atoms with Crippen LogP contribution in [0.5, 0.6) is 0 Å². The molecule has 0 spiro atoms. The number of nitrogens with zero attached hydrogens (tertiary/aromatic N) is 2. The van der Waals surface area contributed by atoms with E-state index < -0.39 is 5.60 Å². The maximum absolute atomic E-state index is 13.3. The van der Waals surface area contributed by atoms with Crippen LogP contribution in [0.1, 0.15) is 71.6 Å². The van der Waals surface area contributed by atoms with Gasteiger partial charge in [-0.15, -0.1) is 11.8 Å². The Labute approximate surface area is 185 Å². The smallest absolute Gasteiger partial charge is 0.157 e. The third kappa shape index (κ3) is 3.48. The highest BCUT2D eigenvalue weighted by molar-refractivity contribution is 7.98. The quantitative estimate of drug-likeness (QED) is 0.668. The van der Waals surface area contributed by atoms with Gasteiger partial charge in [0.1, 0.15) is 5.03 Å². The van der Waals surface area contributed by atoms with Gasteiger partial charge in [0.2, 0.25) is 0 Å². The SMILES string of the molecule is CSc1ccn(CC(=O)[C@H]2CC[C@H]3[C@@H]4CC[C@@H]5C[C@](C)(O)CC[C@@H]5[C@H]4CC[C@]23C)n1. The predicted octanol–water partition coefficient (Wildman–Crippen LogP) is 5.19. The lowest BCUT2D eigenvalue weighted by Crippen LogP contribution is -2.51. The molecule has 5 rings (SSSR count). The van der Waals surface area contributed by atoms with E-state index in [1.807, 2.05) is 30.1 Å². The van der Waals surface area contributed by atoms with Crippen molar-refractivity contribution in [3.05, 3.63) is 12.3 Å². The van der Waals surface area contributed by atoms with Crippen LogP contribution in [0.2, 0.25) is 0 Å². The molecular formula is C25H38N2O2S. The van der Waals surface area contributed by atoms with Crippen LogP contribution < -0.4 is 0 Å². The molecule has 1 aromatic heterocycles. The minimum absolute atomic E-state index is 0.181. The van der Waals surface area contributed by atoms with Crippen LogP contribution in [-0.4, -0.2) is 32.5 Å². The summed E-state index contributed by atoms with van der Waals surface area (Å²) in [7, 11) is 0.